The number of esters is 1. The van der Waals surface area contributed by atoms with E-state index in [0.29, 0.717) is 30.9 Å². The fourth-order valence-electron chi connectivity index (χ4n) is 3.49. The van der Waals surface area contributed by atoms with Crippen LogP contribution in [-0.2, 0) is 25.8 Å². The predicted octanol–water partition coefficient (Wildman–Crippen LogP) is 0.515. The van der Waals surface area contributed by atoms with Gasteiger partial charge in [0.25, 0.3) is 11.7 Å². The van der Waals surface area contributed by atoms with Crippen molar-refractivity contribution in [2.75, 3.05) is 24.7 Å². The minimum atomic E-state index is -3.13. The van der Waals surface area contributed by atoms with Crippen LogP contribution in [0.15, 0.2) is 12.5 Å². The molecular formula is C18H25N5O5S. The minimum absolute atomic E-state index is 0.0493. The Morgan fingerprint density at radius 3 is 2.72 bits per heavy atom. The lowest BCUT2D eigenvalue weighted by Crippen LogP contribution is -2.45. The van der Waals surface area contributed by atoms with Gasteiger partial charge in [0.05, 0.1) is 22.8 Å². The fraction of sp³-hybridized carbons (Fsp3) is 0.611. The molecule has 2 aromatic heterocycles. The van der Waals surface area contributed by atoms with Crippen molar-refractivity contribution in [1.82, 2.24) is 24.5 Å². The maximum absolute atomic E-state index is 12.7. The molecule has 158 valence electrons. The second kappa shape index (κ2) is 8.44. The molecule has 0 spiro atoms. The third-order valence-electron chi connectivity index (χ3n) is 4.82. The summed E-state index contributed by atoms with van der Waals surface area (Å²) in [5.74, 6) is -0.524. The largest absolute Gasteiger partial charge is 0.452 e. The Bertz CT molecular complexity index is 1020. The van der Waals surface area contributed by atoms with Gasteiger partial charge in [-0.25, -0.2) is 22.7 Å². The van der Waals surface area contributed by atoms with Crippen molar-refractivity contribution >= 4 is 27.5 Å². The van der Waals surface area contributed by atoms with E-state index < -0.39 is 28.3 Å². The molecule has 3 rings (SSSR count). The molecule has 0 saturated carbocycles. The number of aromatic nitrogens is 4. The summed E-state index contributed by atoms with van der Waals surface area (Å²) in [6.45, 7) is 5.71. The van der Waals surface area contributed by atoms with Crippen molar-refractivity contribution in [3.05, 3.63) is 23.8 Å². The number of rotatable bonds is 7. The molecule has 1 aliphatic rings. The van der Waals surface area contributed by atoms with Crippen LogP contribution in [0.5, 0.6) is 0 Å². The summed E-state index contributed by atoms with van der Waals surface area (Å²) >= 11 is 0. The maximum atomic E-state index is 12.7. The number of hydrogen-bond acceptors (Lipinski definition) is 8. The lowest BCUT2D eigenvalue weighted by molar-refractivity contribution is -0.137. The smallest absolute Gasteiger partial charge is 0.342 e. The lowest BCUT2D eigenvalue weighted by Gasteiger charge is -2.29. The molecule has 1 aliphatic heterocycles. The van der Waals surface area contributed by atoms with E-state index in [9.17, 15) is 18.0 Å². The Hall–Kier alpha value is -2.56. The number of amides is 1. The molecule has 10 nitrogen and oxygen atoms in total. The van der Waals surface area contributed by atoms with E-state index in [4.69, 9.17) is 4.74 Å². The van der Waals surface area contributed by atoms with Gasteiger partial charge in [0.2, 0.25) is 0 Å². The third kappa shape index (κ3) is 4.72. The van der Waals surface area contributed by atoms with Gasteiger partial charge in [0, 0.05) is 18.8 Å². The van der Waals surface area contributed by atoms with Crippen molar-refractivity contribution in [3.8, 4) is 0 Å². The van der Waals surface area contributed by atoms with E-state index in [-0.39, 0.29) is 29.0 Å². The number of nitrogens with zero attached hydrogens (tertiary/aromatic N) is 5. The van der Waals surface area contributed by atoms with E-state index in [0.717, 1.165) is 0 Å². The van der Waals surface area contributed by atoms with Gasteiger partial charge in [-0.1, -0.05) is 20.8 Å². The molecule has 1 unspecified atom stereocenters. The number of aryl methyl sites for hydroxylation is 1. The Morgan fingerprint density at radius 1 is 1.34 bits per heavy atom. The van der Waals surface area contributed by atoms with Crippen LogP contribution in [0.3, 0.4) is 0 Å². The molecule has 1 fully saturated rings. The third-order valence-corrected chi connectivity index (χ3v) is 6.57. The average molecular weight is 423 g/mol. The van der Waals surface area contributed by atoms with Gasteiger partial charge in [-0.3, -0.25) is 4.79 Å². The van der Waals surface area contributed by atoms with Gasteiger partial charge in [-0.15, -0.1) is 0 Å². The number of hydrogen-bond donors (Lipinski definition) is 0. The Morgan fingerprint density at radius 2 is 2.10 bits per heavy atom. The summed E-state index contributed by atoms with van der Waals surface area (Å²) in [7, 11) is -3.13. The zero-order valence-electron chi connectivity index (χ0n) is 16.7. The molecule has 1 amide bonds. The molecule has 0 radical (unpaired) electrons. The zero-order chi connectivity index (χ0) is 21.2. The second-order valence-electron chi connectivity index (χ2n) is 7.52. The monoisotopic (exact) mass is 423 g/mol. The molecule has 1 atom stereocenters. The molecule has 3 heterocycles. The first-order valence-electron chi connectivity index (χ1n) is 9.56. The highest BCUT2D eigenvalue weighted by molar-refractivity contribution is 7.91. The highest BCUT2D eigenvalue weighted by atomic mass is 32.2. The first-order chi connectivity index (χ1) is 13.7. The van der Waals surface area contributed by atoms with Crippen LogP contribution in [0, 0.1) is 5.92 Å². The Labute approximate surface area is 169 Å². The fourth-order valence-corrected chi connectivity index (χ4v) is 5.22. The first-order valence-corrected chi connectivity index (χ1v) is 11.4. The van der Waals surface area contributed by atoms with E-state index in [1.54, 1.807) is 0 Å². The molecule has 0 aromatic carbocycles. The van der Waals surface area contributed by atoms with Crippen molar-refractivity contribution in [3.63, 3.8) is 0 Å². The van der Waals surface area contributed by atoms with E-state index in [1.807, 2.05) is 20.8 Å². The molecule has 0 bridgehead atoms. The van der Waals surface area contributed by atoms with Crippen molar-refractivity contribution in [2.24, 2.45) is 5.92 Å². The molecule has 0 aliphatic carbocycles. The minimum Gasteiger partial charge on any atom is -0.452 e. The molecular weight excluding hydrogens is 398 g/mol. The highest BCUT2D eigenvalue weighted by Gasteiger charge is 2.35. The number of ether oxygens (including phenoxy) is 1. The lowest BCUT2D eigenvalue weighted by atomic mass is 10.1. The standard InChI is InChI=1S/C18H25N5O5S/c1-4-15-14(7-19-18-20-11-21-23(15)18)17(25)28-9-16(24)22(8-12(2)3)13-5-6-29(26,27)10-13/h7,11-13H,4-6,8-10H2,1-3H3. The van der Waals surface area contributed by atoms with Gasteiger partial charge in [-0.2, -0.15) is 10.1 Å². The average Bonchev–Trinajstić information content (AvgIpc) is 3.28. The normalized spacial score (nSPS) is 18.3. The summed E-state index contributed by atoms with van der Waals surface area (Å²) in [6.07, 6.45) is 3.62. The van der Waals surface area contributed by atoms with Crippen LogP contribution in [0.25, 0.3) is 5.78 Å². The molecule has 11 heteroatoms. The summed E-state index contributed by atoms with van der Waals surface area (Å²) in [4.78, 5) is 34.9. The van der Waals surface area contributed by atoms with Crippen LogP contribution < -0.4 is 0 Å². The first kappa shape index (κ1) is 21.2. The van der Waals surface area contributed by atoms with E-state index >= 15 is 0 Å². The van der Waals surface area contributed by atoms with E-state index in [1.165, 1.54) is 21.9 Å². The van der Waals surface area contributed by atoms with Crippen LogP contribution in [0.1, 0.15) is 43.2 Å². The highest BCUT2D eigenvalue weighted by Crippen LogP contribution is 2.20. The molecule has 0 N–H and O–H groups in total. The maximum Gasteiger partial charge on any atom is 0.342 e. The van der Waals surface area contributed by atoms with Crippen LogP contribution >= 0.6 is 0 Å². The summed E-state index contributed by atoms with van der Waals surface area (Å²) in [5.41, 5.74) is 0.808. The second-order valence-corrected chi connectivity index (χ2v) is 9.75. The topological polar surface area (TPSA) is 124 Å². The van der Waals surface area contributed by atoms with Gasteiger partial charge >= 0.3 is 5.97 Å². The number of fused-ring (bicyclic) bond motifs is 1. The summed E-state index contributed by atoms with van der Waals surface area (Å²) in [6, 6.07) is -0.382. The van der Waals surface area contributed by atoms with Gasteiger partial charge in [0.1, 0.15) is 6.33 Å². The van der Waals surface area contributed by atoms with E-state index in [2.05, 4.69) is 15.1 Å². The SMILES string of the molecule is CCc1c(C(=O)OCC(=O)N(CC(C)C)C2CCS(=O)(=O)C2)cnc2ncnn12. The summed E-state index contributed by atoms with van der Waals surface area (Å²) in [5, 5.41) is 4.06. The molecule has 29 heavy (non-hydrogen) atoms. The summed E-state index contributed by atoms with van der Waals surface area (Å²) < 4.78 is 30.3. The van der Waals surface area contributed by atoms with Crippen LogP contribution in [0.4, 0.5) is 0 Å². The van der Waals surface area contributed by atoms with Crippen molar-refractivity contribution in [1.29, 1.82) is 0 Å². The van der Waals surface area contributed by atoms with Gasteiger partial charge in [0.15, 0.2) is 16.4 Å². The van der Waals surface area contributed by atoms with Crippen LogP contribution in [-0.4, -0.2) is 75.5 Å². The number of carbonyl (C=O) groups is 2. The predicted molar refractivity (Wildman–Crippen MR) is 104 cm³/mol. The Balaban J connectivity index is 1.72. The number of sulfone groups is 1. The molecule has 2 aromatic rings. The zero-order valence-corrected chi connectivity index (χ0v) is 17.6. The number of carbonyl (C=O) groups excluding carboxylic acids is 2. The van der Waals surface area contributed by atoms with Crippen molar-refractivity contribution in [2.45, 2.75) is 39.7 Å². The van der Waals surface area contributed by atoms with Gasteiger partial charge in [-0.05, 0) is 18.8 Å². The van der Waals surface area contributed by atoms with Crippen LogP contribution in [0.2, 0.25) is 0 Å². The molecule has 1 saturated heterocycles. The van der Waals surface area contributed by atoms with Crippen molar-refractivity contribution < 1.29 is 22.7 Å². The quantitative estimate of drug-likeness (QED) is 0.590. The van der Waals surface area contributed by atoms with Gasteiger partial charge < -0.3 is 9.64 Å². The Kier molecular flexibility index (Phi) is 6.15.